The van der Waals surface area contributed by atoms with Gasteiger partial charge in [0.25, 0.3) is 0 Å². The van der Waals surface area contributed by atoms with Crippen molar-refractivity contribution in [2.24, 2.45) is 0 Å². The van der Waals surface area contributed by atoms with Gasteiger partial charge in [-0.1, -0.05) is 28.1 Å². The van der Waals surface area contributed by atoms with Gasteiger partial charge in [-0.15, -0.1) is 11.3 Å². The topological polar surface area (TPSA) is 51.2 Å². The van der Waals surface area contributed by atoms with Crippen molar-refractivity contribution in [2.75, 3.05) is 5.32 Å². The lowest BCUT2D eigenvalue weighted by Gasteiger charge is -2.19. The monoisotopic (exact) mass is 354 g/mol. The molecule has 6 heteroatoms. The lowest BCUT2D eigenvalue weighted by Crippen LogP contribution is -2.27. The molecule has 0 bridgehead atoms. The fourth-order valence-corrected chi connectivity index (χ4v) is 2.50. The third kappa shape index (κ3) is 4.05. The third-order valence-electron chi connectivity index (χ3n) is 2.30. The number of aromatic nitrogens is 1. The lowest BCUT2D eigenvalue weighted by molar-refractivity contribution is 0.0636. The van der Waals surface area contributed by atoms with Crippen LogP contribution in [0.15, 0.2) is 34.2 Å². The Morgan fingerprint density at radius 3 is 2.55 bits per heavy atom. The Labute approximate surface area is 130 Å². The molecule has 0 spiro atoms. The second kappa shape index (κ2) is 5.93. The van der Waals surface area contributed by atoms with Gasteiger partial charge in [0.05, 0.1) is 5.51 Å². The quantitative estimate of drug-likeness (QED) is 0.832. The Balaban J connectivity index is 2.17. The van der Waals surface area contributed by atoms with Gasteiger partial charge in [0.15, 0.2) is 0 Å². The van der Waals surface area contributed by atoms with E-state index in [1.54, 1.807) is 5.51 Å². The molecule has 0 saturated heterocycles. The molecule has 0 unspecified atom stereocenters. The average Bonchev–Trinajstić information content (AvgIpc) is 2.75. The van der Waals surface area contributed by atoms with Gasteiger partial charge in [-0.3, -0.25) is 5.32 Å². The minimum Gasteiger partial charge on any atom is -0.444 e. The van der Waals surface area contributed by atoms with Gasteiger partial charge in [-0.25, -0.2) is 9.78 Å². The molecule has 1 amide bonds. The maximum absolute atomic E-state index is 11.8. The molecule has 1 heterocycles. The second-order valence-electron chi connectivity index (χ2n) is 5.16. The van der Waals surface area contributed by atoms with Crippen LogP contribution in [0.5, 0.6) is 0 Å². The minimum absolute atomic E-state index is 0.472. The molecule has 2 rings (SSSR count). The summed E-state index contributed by atoms with van der Waals surface area (Å²) in [5.74, 6) is 0. The van der Waals surface area contributed by atoms with Crippen molar-refractivity contribution >= 4 is 38.4 Å². The van der Waals surface area contributed by atoms with Gasteiger partial charge in [-0.2, -0.15) is 0 Å². The molecule has 1 aromatic carbocycles. The first-order valence-electron chi connectivity index (χ1n) is 6.04. The highest BCUT2D eigenvalue weighted by molar-refractivity contribution is 9.10. The van der Waals surface area contributed by atoms with Gasteiger partial charge in [0, 0.05) is 10.0 Å². The number of benzene rings is 1. The van der Waals surface area contributed by atoms with E-state index in [-0.39, 0.29) is 0 Å². The van der Waals surface area contributed by atoms with Gasteiger partial charge in [-0.05, 0) is 32.9 Å². The summed E-state index contributed by atoms with van der Waals surface area (Å²) in [7, 11) is 0. The number of carbonyl (C=O) groups excluding carboxylic acids is 1. The maximum Gasteiger partial charge on any atom is 0.412 e. The highest BCUT2D eigenvalue weighted by Crippen LogP contribution is 2.31. The maximum atomic E-state index is 11.8. The standard InChI is InChI=1S/C14H15BrN2O2S/c1-14(2,3)19-13(18)17-12-11(16-8-20-12)9-4-6-10(15)7-5-9/h4-8H,1-3H3,(H,17,18). The van der Waals surface area contributed by atoms with Crippen LogP contribution in [0.4, 0.5) is 9.80 Å². The van der Waals surface area contributed by atoms with Crippen LogP contribution < -0.4 is 5.32 Å². The number of nitrogens with one attached hydrogen (secondary N) is 1. The van der Waals surface area contributed by atoms with Crippen molar-refractivity contribution in [3.05, 3.63) is 34.2 Å². The summed E-state index contributed by atoms with van der Waals surface area (Å²) in [6, 6.07) is 7.76. The molecule has 106 valence electrons. The Hall–Kier alpha value is -1.40. The summed E-state index contributed by atoms with van der Waals surface area (Å²) in [5, 5.41) is 3.43. The van der Waals surface area contributed by atoms with E-state index in [4.69, 9.17) is 4.74 Å². The molecule has 0 aliphatic carbocycles. The first kappa shape index (κ1) is 15.0. The second-order valence-corrected chi connectivity index (χ2v) is 6.93. The summed E-state index contributed by atoms with van der Waals surface area (Å²) in [5.41, 5.74) is 2.87. The first-order valence-corrected chi connectivity index (χ1v) is 7.72. The van der Waals surface area contributed by atoms with Crippen molar-refractivity contribution in [1.29, 1.82) is 0 Å². The smallest absolute Gasteiger partial charge is 0.412 e. The number of thiazole rings is 1. The number of nitrogens with zero attached hydrogens (tertiary/aromatic N) is 1. The number of ether oxygens (including phenoxy) is 1. The zero-order chi connectivity index (χ0) is 14.8. The number of rotatable bonds is 2. The van der Waals surface area contributed by atoms with Crippen molar-refractivity contribution in [1.82, 2.24) is 4.98 Å². The molecule has 4 nitrogen and oxygen atoms in total. The Morgan fingerprint density at radius 2 is 1.95 bits per heavy atom. The summed E-state index contributed by atoms with van der Waals surface area (Å²) < 4.78 is 6.24. The zero-order valence-corrected chi connectivity index (χ0v) is 13.8. The molecular formula is C14H15BrN2O2S. The van der Waals surface area contributed by atoms with Crippen LogP contribution in [-0.2, 0) is 4.74 Å². The zero-order valence-electron chi connectivity index (χ0n) is 11.4. The summed E-state index contributed by atoms with van der Waals surface area (Å²) in [4.78, 5) is 16.1. The lowest BCUT2D eigenvalue weighted by atomic mass is 10.2. The fourth-order valence-electron chi connectivity index (χ4n) is 1.54. The highest BCUT2D eigenvalue weighted by atomic mass is 79.9. The van der Waals surface area contributed by atoms with Crippen LogP contribution in [0.2, 0.25) is 0 Å². The molecule has 0 atom stereocenters. The summed E-state index contributed by atoms with van der Waals surface area (Å²) in [6.45, 7) is 5.48. The number of carbonyl (C=O) groups is 1. The van der Waals surface area contributed by atoms with Crippen molar-refractivity contribution in [3.63, 3.8) is 0 Å². The number of anilines is 1. The molecule has 0 radical (unpaired) electrons. The van der Waals surface area contributed by atoms with Crippen LogP contribution in [0.25, 0.3) is 11.3 Å². The van der Waals surface area contributed by atoms with E-state index < -0.39 is 11.7 Å². The Kier molecular flexibility index (Phi) is 4.45. The molecule has 0 aliphatic rings. The van der Waals surface area contributed by atoms with E-state index in [1.807, 2.05) is 45.0 Å². The number of amides is 1. The van der Waals surface area contributed by atoms with E-state index in [2.05, 4.69) is 26.2 Å². The largest absolute Gasteiger partial charge is 0.444 e. The van der Waals surface area contributed by atoms with Crippen LogP contribution in [-0.4, -0.2) is 16.7 Å². The fraction of sp³-hybridized carbons (Fsp3) is 0.286. The molecule has 0 saturated carbocycles. The molecule has 20 heavy (non-hydrogen) atoms. The third-order valence-corrected chi connectivity index (χ3v) is 3.57. The van der Waals surface area contributed by atoms with Crippen LogP contribution in [0, 0.1) is 0 Å². The Morgan fingerprint density at radius 1 is 1.30 bits per heavy atom. The number of hydrogen-bond donors (Lipinski definition) is 1. The highest BCUT2D eigenvalue weighted by Gasteiger charge is 2.18. The average molecular weight is 355 g/mol. The summed E-state index contributed by atoms with van der Waals surface area (Å²) >= 11 is 4.76. The van der Waals surface area contributed by atoms with E-state index in [1.165, 1.54) is 11.3 Å². The van der Waals surface area contributed by atoms with Crippen molar-refractivity contribution in [3.8, 4) is 11.3 Å². The molecule has 2 aromatic rings. The normalized spacial score (nSPS) is 11.2. The number of hydrogen-bond acceptors (Lipinski definition) is 4. The van der Waals surface area contributed by atoms with Crippen LogP contribution >= 0.6 is 27.3 Å². The minimum atomic E-state index is -0.521. The van der Waals surface area contributed by atoms with E-state index in [0.29, 0.717) is 5.00 Å². The predicted molar refractivity (Wildman–Crippen MR) is 85.1 cm³/mol. The van der Waals surface area contributed by atoms with Gasteiger partial charge in [0.2, 0.25) is 0 Å². The van der Waals surface area contributed by atoms with E-state index >= 15 is 0 Å². The first-order chi connectivity index (χ1) is 9.35. The van der Waals surface area contributed by atoms with Gasteiger partial charge < -0.3 is 4.74 Å². The summed E-state index contributed by atoms with van der Waals surface area (Å²) in [6.07, 6.45) is -0.472. The predicted octanol–water partition coefficient (Wildman–Crippen LogP) is 4.92. The molecule has 1 aromatic heterocycles. The molecule has 0 fully saturated rings. The van der Waals surface area contributed by atoms with E-state index in [9.17, 15) is 4.79 Å². The van der Waals surface area contributed by atoms with Crippen molar-refractivity contribution in [2.45, 2.75) is 26.4 Å². The SMILES string of the molecule is CC(C)(C)OC(=O)Nc1scnc1-c1ccc(Br)cc1. The molecule has 0 aliphatic heterocycles. The number of halogens is 1. The van der Waals surface area contributed by atoms with Crippen LogP contribution in [0.3, 0.4) is 0 Å². The van der Waals surface area contributed by atoms with Gasteiger partial charge >= 0.3 is 6.09 Å². The van der Waals surface area contributed by atoms with Crippen molar-refractivity contribution < 1.29 is 9.53 Å². The Bertz CT molecular complexity index is 602. The van der Waals surface area contributed by atoms with Gasteiger partial charge in [0.1, 0.15) is 16.3 Å². The molecule has 1 N–H and O–H groups in total. The van der Waals surface area contributed by atoms with E-state index in [0.717, 1.165) is 15.7 Å². The molecular weight excluding hydrogens is 340 g/mol. The van der Waals surface area contributed by atoms with Crippen LogP contribution in [0.1, 0.15) is 20.8 Å².